The molecule has 4 aromatic rings. The van der Waals surface area contributed by atoms with Gasteiger partial charge in [0.05, 0.1) is 17.9 Å². The Hall–Kier alpha value is -3.32. The molecule has 0 N–H and O–H groups in total. The van der Waals surface area contributed by atoms with E-state index in [4.69, 9.17) is 0 Å². The number of carbonyl (C=O) groups excluding carboxylic acids is 1. The Morgan fingerprint density at radius 1 is 1.11 bits per heavy atom. The molecule has 28 heavy (non-hydrogen) atoms. The first-order chi connectivity index (χ1) is 13.6. The van der Waals surface area contributed by atoms with Crippen molar-refractivity contribution in [1.29, 1.82) is 0 Å². The maximum absolute atomic E-state index is 12.9. The first kappa shape index (κ1) is 18.1. The Morgan fingerprint density at radius 3 is 2.54 bits per heavy atom. The quantitative estimate of drug-likeness (QED) is 0.513. The lowest BCUT2D eigenvalue weighted by atomic mass is 10.1. The fraction of sp³-hybridized carbons (Fsp3) is 0.143. The summed E-state index contributed by atoms with van der Waals surface area (Å²) in [5.74, 6) is -0.0347. The van der Waals surface area contributed by atoms with Gasteiger partial charge in [-0.15, -0.1) is 11.3 Å². The molecule has 0 radical (unpaired) electrons. The van der Waals surface area contributed by atoms with Gasteiger partial charge in [0.15, 0.2) is 0 Å². The molecule has 7 heteroatoms. The molecule has 0 bridgehead atoms. The average molecular weight is 389 g/mol. The summed E-state index contributed by atoms with van der Waals surface area (Å²) in [6, 6.07) is 17.8. The molecule has 0 saturated heterocycles. The van der Waals surface area contributed by atoms with Crippen LogP contribution in [-0.4, -0.2) is 37.6 Å². The topological polar surface area (TPSA) is 63.9 Å². The normalized spacial score (nSPS) is 11.9. The Balaban J connectivity index is 1.50. The second-order valence-corrected chi connectivity index (χ2v) is 7.45. The summed E-state index contributed by atoms with van der Waals surface area (Å²) in [5.41, 5.74) is 3.00. The summed E-state index contributed by atoms with van der Waals surface area (Å²) in [4.78, 5) is 23.7. The summed E-state index contributed by atoms with van der Waals surface area (Å²) < 4.78 is 1.70. The van der Waals surface area contributed by atoms with Gasteiger partial charge in [0, 0.05) is 12.6 Å². The van der Waals surface area contributed by atoms with E-state index in [9.17, 15) is 4.79 Å². The second-order valence-electron chi connectivity index (χ2n) is 6.42. The fourth-order valence-electron chi connectivity index (χ4n) is 2.91. The number of aromatic nitrogens is 4. The summed E-state index contributed by atoms with van der Waals surface area (Å²) >= 11 is 1.41. The molecule has 0 fully saturated rings. The SMILES string of the molecule is C[C@@H](c1ccc(-n2cncn2)cc1)N(C)C(=O)c1cnc(-c2ccccc2)s1. The van der Waals surface area contributed by atoms with Gasteiger partial charge in [-0.3, -0.25) is 4.79 Å². The number of thiazole rings is 1. The van der Waals surface area contributed by atoms with Crippen molar-refractivity contribution in [2.75, 3.05) is 7.05 Å². The van der Waals surface area contributed by atoms with Crippen molar-refractivity contribution < 1.29 is 4.79 Å². The van der Waals surface area contributed by atoms with E-state index in [2.05, 4.69) is 15.1 Å². The number of hydrogen-bond donors (Lipinski definition) is 0. The van der Waals surface area contributed by atoms with Crippen molar-refractivity contribution in [3.8, 4) is 16.3 Å². The van der Waals surface area contributed by atoms with Crippen LogP contribution in [0, 0.1) is 0 Å². The molecule has 0 saturated carbocycles. The van der Waals surface area contributed by atoms with E-state index in [0.717, 1.165) is 21.8 Å². The molecule has 6 nitrogen and oxygen atoms in total. The molecule has 2 heterocycles. The first-order valence-corrected chi connectivity index (χ1v) is 9.68. The lowest BCUT2D eigenvalue weighted by molar-refractivity contribution is 0.0747. The van der Waals surface area contributed by atoms with Gasteiger partial charge >= 0.3 is 0 Å². The molecule has 0 aliphatic carbocycles. The van der Waals surface area contributed by atoms with Crippen LogP contribution in [0.25, 0.3) is 16.3 Å². The van der Waals surface area contributed by atoms with Gasteiger partial charge in [-0.05, 0) is 24.6 Å². The lowest BCUT2D eigenvalue weighted by Gasteiger charge is -2.25. The van der Waals surface area contributed by atoms with Crippen LogP contribution in [-0.2, 0) is 0 Å². The monoisotopic (exact) mass is 389 g/mol. The minimum atomic E-state index is -0.0698. The van der Waals surface area contributed by atoms with Gasteiger partial charge in [-0.1, -0.05) is 42.5 Å². The summed E-state index contributed by atoms with van der Waals surface area (Å²) in [6.07, 6.45) is 4.82. The fourth-order valence-corrected chi connectivity index (χ4v) is 3.81. The van der Waals surface area contributed by atoms with Crippen molar-refractivity contribution in [3.05, 3.63) is 83.9 Å². The molecule has 4 rings (SSSR count). The van der Waals surface area contributed by atoms with E-state index in [-0.39, 0.29) is 11.9 Å². The third-order valence-corrected chi connectivity index (χ3v) is 5.73. The van der Waals surface area contributed by atoms with E-state index in [0.29, 0.717) is 4.88 Å². The van der Waals surface area contributed by atoms with Crippen LogP contribution < -0.4 is 0 Å². The van der Waals surface area contributed by atoms with Crippen LogP contribution in [0.3, 0.4) is 0 Å². The molecular formula is C21H19N5OS. The van der Waals surface area contributed by atoms with Gasteiger partial charge in [0.1, 0.15) is 22.5 Å². The minimum absolute atomic E-state index is 0.0347. The van der Waals surface area contributed by atoms with Crippen molar-refractivity contribution in [2.45, 2.75) is 13.0 Å². The molecule has 0 aliphatic rings. The number of benzene rings is 2. The van der Waals surface area contributed by atoms with Gasteiger partial charge in [0.2, 0.25) is 0 Å². The van der Waals surface area contributed by atoms with Crippen molar-refractivity contribution in [2.24, 2.45) is 0 Å². The number of amides is 1. The van der Waals surface area contributed by atoms with Crippen LogP contribution >= 0.6 is 11.3 Å². The van der Waals surface area contributed by atoms with E-state index < -0.39 is 0 Å². The molecular weight excluding hydrogens is 370 g/mol. The summed E-state index contributed by atoms with van der Waals surface area (Å²) in [7, 11) is 1.82. The highest BCUT2D eigenvalue weighted by Crippen LogP contribution is 2.28. The Morgan fingerprint density at radius 2 is 1.86 bits per heavy atom. The largest absolute Gasteiger partial charge is 0.334 e. The zero-order valence-electron chi connectivity index (χ0n) is 15.6. The van der Waals surface area contributed by atoms with Crippen molar-refractivity contribution in [3.63, 3.8) is 0 Å². The second kappa shape index (κ2) is 7.74. The zero-order valence-corrected chi connectivity index (χ0v) is 16.4. The van der Waals surface area contributed by atoms with E-state index in [1.165, 1.54) is 17.7 Å². The van der Waals surface area contributed by atoms with Crippen LogP contribution in [0.4, 0.5) is 0 Å². The van der Waals surface area contributed by atoms with E-state index in [1.807, 2.05) is 68.6 Å². The van der Waals surface area contributed by atoms with Gasteiger partial charge < -0.3 is 4.90 Å². The molecule has 2 aromatic heterocycles. The third-order valence-electron chi connectivity index (χ3n) is 4.70. The predicted molar refractivity (Wildman–Crippen MR) is 109 cm³/mol. The van der Waals surface area contributed by atoms with Gasteiger partial charge in [0.25, 0.3) is 5.91 Å². The number of hydrogen-bond acceptors (Lipinski definition) is 5. The van der Waals surface area contributed by atoms with Crippen molar-refractivity contribution >= 4 is 17.2 Å². The smallest absolute Gasteiger partial charge is 0.265 e. The number of carbonyl (C=O) groups is 1. The number of rotatable bonds is 5. The summed E-state index contributed by atoms with van der Waals surface area (Å²) in [6.45, 7) is 2.02. The first-order valence-electron chi connectivity index (χ1n) is 8.87. The third kappa shape index (κ3) is 3.57. The number of nitrogens with zero attached hydrogens (tertiary/aromatic N) is 5. The maximum atomic E-state index is 12.9. The van der Waals surface area contributed by atoms with Crippen LogP contribution in [0.5, 0.6) is 0 Å². The molecule has 2 aromatic carbocycles. The minimum Gasteiger partial charge on any atom is -0.334 e. The van der Waals surface area contributed by atoms with Gasteiger partial charge in [-0.25, -0.2) is 14.6 Å². The predicted octanol–water partition coefficient (Wildman–Crippen LogP) is 4.22. The van der Waals surface area contributed by atoms with Gasteiger partial charge in [-0.2, -0.15) is 5.10 Å². The Kier molecular flexibility index (Phi) is 4.99. The molecule has 140 valence electrons. The standard InChI is InChI=1S/C21H19N5OS/c1-15(16-8-10-18(11-9-16)26-14-22-13-24-26)25(2)21(27)19-12-23-20(28-19)17-6-4-3-5-7-17/h3-15H,1-2H3/t15-/m0/s1. The van der Waals surface area contributed by atoms with Crippen molar-refractivity contribution in [1.82, 2.24) is 24.6 Å². The molecule has 1 amide bonds. The molecule has 0 unspecified atom stereocenters. The van der Waals surface area contributed by atoms with E-state index >= 15 is 0 Å². The van der Waals surface area contributed by atoms with Crippen LogP contribution in [0.1, 0.15) is 28.2 Å². The zero-order chi connectivity index (χ0) is 19.5. The molecule has 1 atom stereocenters. The molecule has 0 aliphatic heterocycles. The Bertz CT molecular complexity index is 1060. The molecule has 0 spiro atoms. The Labute approximate surface area is 167 Å². The maximum Gasteiger partial charge on any atom is 0.265 e. The highest BCUT2D eigenvalue weighted by molar-refractivity contribution is 7.16. The average Bonchev–Trinajstić information content (AvgIpc) is 3.45. The lowest BCUT2D eigenvalue weighted by Crippen LogP contribution is -2.29. The highest BCUT2D eigenvalue weighted by atomic mass is 32.1. The van der Waals surface area contributed by atoms with Crippen LogP contribution in [0.15, 0.2) is 73.4 Å². The van der Waals surface area contributed by atoms with E-state index in [1.54, 1.807) is 22.1 Å². The van der Waals surface area contributed by atoms with Crippen LogP contribution in [0.2, 0.25) is 0 Å². The summed E-state index contributed by atoms with van der Waals surface area (Å²) in [5, 5.41) is 4.98. The highest BCUT2D eigenvalue weighted by Gasteiger charge is 2.21.